The summed E-state index contributed by atoms with van der Waals surface area (Å²) >= 11 is 0. The van der Waals surface area contributed by atoms with Crippen LogP contribution in [0.15, 0.2) is 0 Å². The molecule has 0 aromatic carbocycles. The van der Waals surface area contributed by atoms with Crippen LogP contribution in [-0.2, 0) is 4.79 Å². The zero-order chi connectivity index (χ0) is 15.5. The number of amides is 2. The van der Waals surface area contributed by atoms with Crippen LogP contribution in [-0.4, -0.2) is 53.7 Å². The largest absolute Gasteiger partial charge is 0.480 e. The van der Waals surface area contributed by atoms with Crippen molar-refractivity contribution in [1.82, 2.24) is 15.5 Å². The fraction of sp³-hybridized carbons (Fsp3) is 0.867. The van der Waals surface area contributed by atoms with Gasteiger partial charge in [-0.25, -0.2) is 9.59 Å². The van der Waals surface area contributed by atoms with E-state index in [9.17, 15) is 14.7 Å². The first-order valence-corrected chi connectivity index (χ1v) is 7.93. The fourth-order valence-corrected chi connectivity index (χ4v) is 3.14. The molecule has 2 amide bonds. The van der Waals surface area contributed by atoms with E-state index in [-0.39, 0.29) is 11.9 Å². The monoisotopic (exact) mass is 297 g/mol. The Bertz CT molecular complexity index is 392. The lowest BCUT2D eigenvalue weighted by atomic mass is 9.96. The molecule has 0 radical (unpaired) electrons. The second-order valence-corrected chi connectivity index (χ2v) is 6.58. The number of nitrogens with zero attached hydrogens (tertiary/aromatic N) is 1. The summed E-state index contributed by atoms with van der Waals surface area (Å²) in [6.45, 7) is 2.93. The van der Waals surface area contributed by atoms with Gasteiger partial charge < -0.3 is 20.6 Å². The van der Waals surface area contributed by atoms with E-state index in [0.717, 1.165) is 19.4 Å². The maximum Gasteiger partial charge on any atom is 0.329 e. The molecule has 0 aromatic heterocycles. The number of aliphatic carboxylic acids is 1. The Balaban J connectivity index is 1.70. The van der Waals surface area contributed by atoms with Gasteiger partial charge in [-0.3, -0.25) is 0 Å². The van der Waals surface area contributed by atoms with Crippen molar-refractivity contribution in [3.05, 3.63) is 0 Å². The van der Waals surface area contributed by atoms with Gasteiger partial charge in [-0.1, -0.05) is 12.8 Å². The van der Waals surface area contributed by atoms with E-state index >= 15 is 0 Å². The third-order valence-corrected chi connectivity index (χ3v) is 4.91. The minimum Gasteiger partial charge on any atom is -0.480 e. The van der Waals surface area contributed by atoms with Crippen molar-refractivity contribution >= 4 is 12.0 Å². The Morgan fingerprint density at radius 3 is 2.38 bits per heavy atom. The minimum atomic E-state index is -1.14. The van der Waals surface area contributed by atoms with E-state index < -0.39 is 11.5 Å². The van der Waals surface area contributed by atoms with E-state index in [1.165, 1.54) is 25.7 Å². The minimum absolute atomic E-state index is 0.0573. The Hall–Kier alpha value is -1.30. The lowest BCUT2D eigenvalue weighted by Crippen LogP contribution is -2.57. The summed E-state index contributed by atoms with van der Waals surface area (Å²) in [5, 5.41) is 14.7. The molecule has 2 rings (SSSR count). The molecule has 3 N–H and O–H groups in total. The van der Waals surface area contributed by atoms with Crippen LogP contribution in [0.1, 0.15) is 45.4 Å². The number of urea groups is 1. The molecular formula is C15H27N3O3. The van der Waals surface area contributed by atoms with Gasteiger partial charge in [-0.05, 0) is 45.6 Å². The standard InChI is InChI=1S/C15H27N3O3/c1-15(13(19)20,11-7-8-11)17-14(21)16-9-10-18(2)12-5-3-4-6-12/h11-12H,3-10H2,1-2H3,(H,19,20)(H2,16,17,21). The lowest BCUT2D eigenvalue weighted by molar-refractivity contribution is -0.144. The normalized spacial score (nSPS) is 22.0. The van der Waals surface area contributed by atoms with Crippen LogP contribution in [0.2, 0.25) is 0 Å². The summed E-state index contributed by atoms with van der Waals surface area (Å²) in [4.78, 5) is 25.5. The van der Waals surface area contributed by atoms with E-state index in [0.29, 0.717) is 12.6 Å². The molecule has 6 nitrogen and oxygen atoms in total. The number of likely N-dealkylation sites (N-methyl/N-ethyl adjacent to an activating group) is 1. The number of rotatable bonds is 7. The van der Waals surface area contributed by atoms with Gasteiger partial charge in [0.15, 0.2) is 0 Å². The SMILES string of the molecule is CN(CCNC(=O)NC(C)(C(=O)O)C1CC1)C1CCCC1. The highest BCUT2D eigenvalue weighted by Gasteiger charge is 2.48. The predicted molar refractivity (Wildman–Crippen MR) is 80.2 cm³/mol. The van der Waals surface area contributed by atoms with Crippen molar-refractivity contribution < 1.29 is 14.7 Å². The summed E-state index contributed by atoms with van der Waals surface area (Å²) in [6.07, 6.45) is 6.80. The third-order valence-electron chi connectivity index (χ3n) is 4.91. The van der Waals surface area contributed by atoms with E-state index in [1.54, 1.807) is 6.92 Å². The average molecular weight is 297 g/mol. The number of hydrogen-bond donors (Lipinski definition) is 3. The molecule has 120 valence electrons. The van der Waals surface area contributed by atoms with Gasteiger partial charge in [0.1, 0.15) is 5.54 Å². The molecule has 2 aliphatic rings. The zero-order valence-corrected chi connectivity index (χ0v) is 13.0. The van der Waals surface area contributed by atoms with E-state index in [1.807, 2.05) is 0 Å². The van der Waals surface area contributed by atoms with Crippen molar-refractivity contribution in [2.75, 3.05) is 20.1 Å². The smallest absolute Gasteiger partial charge is 0.329 e. The highest BCUT2D eigenvalue weighted by Crippen LogP contribution is 2.39. The van der Waals surface area contributed by atoms with Crippen molar-refractivity contribution in [3.63, 3.8) is 0 Å². The second kappa shape index (κ2) is 6.64. The molecule has 0 spiro atoms. The van der Waals surface area contributed by atoms with E-state index in [4.69, 9.17) is 0 Å². The first kappa shape index (κ1) is 16.1. The quantitative estimate of drug-likeness (QED) is 0.663. The van der Waals surface area contributed by atoms with Crippen LogP contribution in [0, 0.1) is 5.92 Å². The molecule has 0 aromatic rings. The number of carboxylic acid groups (broad SMARTS) is 1. The summed E-state index contributed by atoms with van der Waals surface area (Å²) in [6, 6.07) is 0.247. The number of carbonyl (C=O) groups is 2. The first-order valence-electron chi connectivity index (χ1n) is 7.93. The summed E-state index contributed by atoms with van der Waals surface area (Å²) < 4.78 is 0. The van der Waals surface area contributed by atoms with Crippen LogP contribution in [0.5, 0.6) is 0 Å². The Morgan fingerprint density at radius 2 is 1.86 bits per heavy atom. The Labute approximate surface area is 126 Å². The predicted octanol–water partition coefficient (Wildman–Crippen LogP) is 1.41. The van der Waals surface area contributed by atoms with Gasteiger partial charge in [0.25, 0.3) is 0 Å². The van der Waals surface area contributed by atoms with Crippen LogP contribution >= 0.6 is 0 Å². The molecule has 0 heterocycles. The van der Waals surface area contributed by atoms with Crippen LogP contribution in [0.4, 0.5) is 4.79 Å². The first-order chi connectivity index (χ1) is 9.93. The van der Waals surface area contributed by atoms with Gasteiger partial charge >= 0.3 is 12.0 Å². The molecule has 0 aliphatic heterocycles. The maximum absolute atomic E-state index is 11.9. The zero-order valence-electron chi connectivity index (χ0n) is 13.0. The molecule has 0 bridgehead atoms. The Kier molecular flexibility index (Phi) is 5.08. The van der Waals surface area contributed by atoms with E-state index in [2.05, 4.69) is 22.6 Å². The Morgan fingerprint density at radius 1 is 1.24 bits per heavy atom. The summed E-state index contributed by atoms with van der Waals surface area (Å²) in [5.41, 5.74) is -1.14. The molecular weight excluding hydrogens is 270 g/mol. The number of nitrogens with one attached hydrogen (secondary N) is 2. The number of carboxylic acids is 1. The number of carbonyl (C=O) groups excluding carboxylic acids is 1. The van der Waals surface area contributed by atoms with Crippen molar-refractivity contribution in [2.45, 2.75) is 57.0 Å². The van der Waals surface area contributed by atoms with Crippen molar-refractivity contribution in [2.24, 2.45) is 5.92 Å². The molecule has 2 saturated carbocycles. The summed E-state index contributed by atoms with van der Waals surface area (Å²) in [5.74, 6) is -0.898. The molecule has 0 saturated heterocycles. The van der Waals surface area contributed by atoms with Crippen molar-refractivity contribution in [3.8, 4) is 0 Å². The van der Waals surface area contributed by atoms with Gasteiger partial charge in [0, 0.05) is 19.1 Å². The molecule has 1 atom stereocenters. The van der Waals surface area contributed by atoms with Crippen LogP contribution in [0.3, 0.4) is 0 Å². The average Bonchev–Trinajstić information content (AvgIpc) is 3.14. The lowest BCUT2D eigenvalue weighted by Gasteiger charge is -2.27. The number of hydrogen-bond acceptors (Lipinski definition) is 3. The molecule has 21 heavy (non-hydrogen) atoms. The molecule has 2 fully saturated rings. The highest BCUT2D eigenvalue weighted by atomic mass is 16.4. The van der Waals surface area contributed by atoms with Gasteiger partial charge in [0.05, 0.1) is 0 Å². The maximum atomic E-state index is 11.9. The summed E-state index contributed by atoms with van der Waals surface area (Å²) in [7, 11) is 2.08. The van der Waals surface area contributed by atoms with Gasteiger partial charge in [-0.2, -0.15) is 0 Å². The van der Waals surface area contributed by atoms with Gasteiger partial charge in [0.2, 0.25) is 0 Å². The van der Waals surface area contributed by atoms with Crippen LogP contribution in [0.25, 0.3) is 0 Å². The fourth-order valence-electron chi connectivity index (χ4n) is 3.14. The second-order valence-electron chi connectivity index (χ2n) is 6.58. The molecule has 6 heteroatoms. The molecule has 1 unspecified atom stereocenters. The highest BCUT2D eigenvalue weighted by molar-refractivity contribution is 5.86. The van der Waals surface area contributed by atoms with Gasteiger partial charge in [-0.15, -0.1) is 0 Å². The molecule has 2 aliphatic carbocycles. The van der Waals surface area contributed by atoms with Crippen molar-refractivity contribution in [1.29, 1.82) is 0 Å². The van der Waals surface area contributed by atoms with Crippen LogP contribution < -0.4 is 10.6 Å². The topological polar surface area (TPSA) is 81.7 Å². The third kappa shape index (κ3) is 4.09.